The Kier molecular flexibility index (Phi) is 3.67. The molecule has 0 radical (unpaired) electrons. The molecule has 2 nitrogen and oxygen atoms in total. The van der Waals surface area contributed by atoms with Crippen molar-refractivity contribution in [3.8, 4) is 0 Å². The van der Waals surface area contributed by atoms with Gasteiger partial charge in [0.2, 0.25) is 0 Å². The van der Waals surface area contributed by atoms with E-state index in [0.717, 1.165) is 17.8 Å². The predicted octanol–water partition coefficient (Wildman–Crippen LogP) is 2.80. The Morgan fingerprint density at radius 3 is 2.94 bits per heavy atom. The normalized spacial score (nSPS) is 26.1. The molecule has 1 aromatic rings. The van der Waals surface area contributed by atoms with Crippen LogP contribution < -0.4 is 5.32 Å². The second-order valence-electron chi connectivity index (χ2n) is 4.94. The predicted molar refractivity (Wildman–Crippen MR) is 68.9 cm³/mol. The van der Waals surface area contributed by atoms with Crippen LogP contribution in [0.5, 0.6) is 0 Å². The van der Waals surface area contributed by atoms with Crippen LogP contribution >= 0.6 is 11.3 Å². The van der Waals surface area contributed by atoms with Crippen molar-refractivity contribution >= 4 is 11.3 Å². The van der Waals surface area contributed by atoms with Crippen LogP contribution in [-0.2, 0) is 5.60 Å². The van der Waals surface area contributed by atoms with Crippen molar-refractivity contribution in [2.75, 3.05) is 6.54 Å². The highest BCUT2D eigenvalue weighted by atomic mass is 32.1. The summed E-state index contributed by atoms with van der Waals surface area (Å²) in [6.07, 6.45) is 4.81. The van der Waals surface area contributed by atoms with Gasteiger partial charge in [-0.3, -0.25) is 0 Å². The fourth-order valence-electron chi connectivity index (χ4n) is 2.56. The smallest absolute Gasteiger partial charge is 0.111 e. The van der Waals surface area contributed by atoms with Crippen LogP contribution in [0.4, 0.5) is 0 Å². The van der Waals surface area contributed by atoms with Crippen LogP contribution in [0.15, 0.2) is 11.4 Å². The van der Waals surface area contributed by atoms with Crippen molar-refractivity contribution in [1.29, 1.82) is 0 Å². The molecule has 2 heterocycles. The van der Waals surface area contributed by atoms with E-state index in [2.05, 4.69) is 23.7 Å². The van der Waals surface area contributed by atoms with Crippen LogP contribution in [0.3, 0.4) is 0 Å². The van der Waals surface area contributed by atoms with Gasteiger partial charge >= 0.3 is 0 Å². The van der Waals surface area contributed by atoms with E-state index in [1.165, 1.54) is 24.8 Å². The van der Waals surface area contributed by atoms with Gasteiger partial charge in [-0.05, 0) is 50.2 Å². The van der Waals surface area contributed by atoms with Crippen molar-refractivity contribution in [1.82, 2.24) is 5.32 Å². The van der Waals surface area contributed by atoms with Crippen LogP contribution in [-0.4, -0.2) is 17.7 Å². The van der Waals surface area contributed by atoms with Crippen molar-refractivity contribution in [2.24, 2.45) is 0 Å². The molecule has 1 fully saturated rings. The summed E-state index contributed by atoms with van der Waals surface area (Å²) >= 11 is 1.67. The van der Waals surface area contributed by atoms with Gasteiger partial charge in [0.25, 0.3) is 0 Å². The Balaban J connectivity index is 2.20. The molecule has 0 aliphatic carbocycles. The molecule has 1 aliphatic rings. The summed E-state index contributed by atoms with van der Waals surface area (Å²) in [6, 6.07) is 2.29. The lowest BCUT2D eigenvalue weighted by molar-refractivity contribution is 0.0166. The van der Waals surface area contributed by atoms with Gasteiger partial charge in [-0.25, -0.2) is 0 Å². The van der Waals surface area contributed by atoms with Gasteiger partial charge in [0.05, 0.1) is 0 Å². The number of hydrogen-bond donors (Lipinski definition) is 2. The molecule has 90 valence electrons. The Morgan fingerprint density at radius 2 is 2.25 bits per heavy atom. The first-order valence-electron chi connectivity index (χ1n) is 6.12. The quantitative estimate of drug-likeness (QED) is 0.832. The minimum Gasteiger partial charge on any atom is -0.383 e. The fraction of sp³-hybridized carbons (Fsp3) is 0.692. The average molecular weight is 239 g/mol. The first kappa shape index (κ1) is 12.1. The van der Waals surface area contributed by atoms with Crippen molar-refractivity contribution < 1.29 is 5.11 Å². The fourth-order valence-corrected chi connectivity index (χ4v) is 3.60. The summed E-state index contributed by atoms with van der Waals surface area (Å²) in [5.41, 5.74) is 0.490. The van der Waals surface area contributed by atoms with E-state index in [1.807, 2.05) is 6.92 Å². The largest absolute Gasteiger partial charge is 0.383 e. The first-order valence-corrected chi connectivity index (χ1v) is 7.00. The molecule has 0 spiro atoms. The van der Waals surface area contributed by atoms with Gasteiger partial charge in [0.1, 0.15) is 5.60 Å². The number of aryl methyl sites for hydroxylation is 1. The zero-order chi connectivity index (χ0) is 11.6. The van der Waals surface area contributed by atoms with Crippen LogP contribution in [0.1, 0.15) is 43.0 Å². The zero-order valence-corrected chi connectivity index (χ0v) is 10.9. The molecule has 2 rings (SSSR count). The molecular weight excluding hydrogens is 218 g/mol. The highest BCUT2D eigenvalue weighted by Gasteiger charge is 2.35. The maximum Gasteiger partial charge on any atom is 0.111 e. The minimum absolute atomic E-state index is 0.201. The topological polar surface area (TPSA) is 32.3 Å². The van der Waals surface area contributed by atoms with Gasteiger partial charge in [-0.2, -0.15) is 0 Å². The highest BCUT2D eigenvalue weighted by Crippen LogP contribution is 2.34. The van der Waals surface area contributed by atoms with E-state index >= 15 is 0 Å². The third kappa shape index (κ3) is 2.31. The highest BCUT2D eigenvalue weighted by molar-refractivity contribution is 7.10. The third-order valence-corrected chi connectivity index (χ3v) is 4.80. The van der Waals surface area contributed by atoms with E-state index in [0.29, 0.717) is 0 Å². The molecule has 3 heteroatoms. The van der Waals surface area contributed by atoms with Gasteiger partial charge in [0.15, 0.2) is 0 Å². The maximum absolute atomic E-state index is 10.8. The van der Waals surface area contributed by atoms with Crippen LogP contribution in [0.2, 0.25) is 0 Å². The molecule has 0 amide bonds. The Morgan fingerprint density at radius 1 is 1.44 bits per heavy atom. The molecule has 0 bridgehead atoms. The summed E-state index contributed by atoms with van der Waals surface area (Å²) in [5.74, 6) is 0. The Labute approximate surface area is 102 Å². The number of hydrogen-bond acceptors (Lipinski definition) is 3. The number of nitrogens with one attached hydrogen (secondary N) is 1. The molecule has 0 aromatic carbocycles. The van der Waals surface area contributed by atoms with Gasteiger partial charge in [0, 0.05) is 10.9 Å². The monoisotopic (exact) mass is 239 g/mol. The van der Waals surface area contributed by atoms with Crippen molar-refractivity contribution in [2.45, 2.75) is 51.2 Å². The summed E-state index contributed by atoms with van der Waals surface area (Å²) in [5, 5.41) is 16.3. The molecule has 16 heavy (non-hydrogen) atoms. The maximum atomic E-state index is 10.8. The molecule has 0 saturated carbocycles. The van der Waals surface area contributed by atoms with E-state index in [4.69, 9.17) is 0 Å². The minimum atomic E-state index is -0.720. The molecular formula is C13H21NOS. The van der Waals surface area contributed by atoms with E-state index < -0.39 is 5.60 Å². The molecule has 1 aromatic heterocycles. The summed E-state index contributed by atoms with van der Waals surface area (Å²) < 4.78 is 0. The lowest BCUT2D eigenvalue weighted by Crippen LogP contribution is -2.46. The summed E-state index contributed by atoms with van der Waals surface area (Å²) in [4.78, 5) is 1.12. The summed E-state index contributed by atoms with van der Waals surface area (Å²) in [6.45, 7) is 5.07. The Bertz CT molecular complexity index is 337. The van der Waals surface area contributed by atoms with Gasteiger partial charge in [-0.15, -0.1) is 11.3 Å². The Hall–Kier alpha value is -0.380. The SMILES string of the molecule is Cc1ccsc1C(C)(O)C1CCCCCN1. The second kappa shape index (κ2) is 4.86. The van der Waals surface area contributed by atoms with E-state index in [1.54, 1.807) is 11.3 Å². The average Bonchev–Trinajstić information content (AvgIpc) is 2.55. The van der Waals surface area contributed by atoms with Crippen LogP contribution in [0.25, 0.3) is 0 Å². The first-order chi connectivity index (χ1) is 7.62. The standard InChI is InChI=1S/C13H21NOS/c1-10-7-9-16-12(10)13(2,15)11-6-4-3-5-8-14-11/h7,9,11,14-15H,3-6,8H2,1-2H3. The van der Waals surface area contributed by atoms with Gasteiger partial charge < -0.3 is 10.4 Å². The zero-order valence-electron chi connectivity index (χ0n) is 10.1. The third-order valence-electron chi connectivity index (χ3n) is 3.56. The number of thiophene rings is 1. The molecule has 2 N–H and O–H groups in total. The molecule has 2 atom stereocenters. The number of rotatable bonds is 2. The number of aliphatic hydroxyl groups is 1. The molecule has 1 aliphatic heterocycles. The molecule has 1 saturated heterocycles. The van der Waals surface area contributed by atoms with E-state index in [9.17, 15) is 5.11 Å². The lowest BCUT2D eigenvalue weighted by atomic mass is 9.89. The van der Waals surface area contributed by atoms with Gasteiger partial charge in [-0.1, -0.05) is 12.8 Å². The van der Waals surface area contributed by atoms with Crippen molar-refractivity contribution in [3.63, 3.8) is 0 Å². The molecule has 2 unspecified atom stereocenters. The summed E-state index contributed by atoms with van der Waals surface area (Å²) in [7, 11) is 0. The lowest BCUT2D eigenvalue weighted by Gasteiger charge is -2.33. The second-order valence-corrected chi connectivity index (χ2v) is 5.85. The van der Waals surface area contributed by atoms with Crippen LogP contribution in [0, 0.1) is 6.92 Å². The van der Waals surface area contributed by atoms with Crippen molar-refractivity contribution in [3.05, 3.63) is 21.9 Å². The van der Waals surface area contributed by atoms with E-state index in [-0.39, 0.29) is 6.04 Å².